The zero-order valence-electron chi connectivity index (χ0n) is 11.4. The summed E-state index contributed by atoms with van der Waals surface area (Å²) >= 11 is 5.03. The Kier molecular flexibility index (Phi) is 5.23. The van der Waals surface area contributed by atoms with Crippen molar-refractivity contribution in [2.75, 3.05) is 5.75 Å². The Morgan fingerprint density at radius 1 is 1.45 bits per heavy atom. The molecule has 0 saturated heterocycles. The van der Waals surface area contributed by atoms with Crippen molar-refractivity contribution in [1.29, 1.82) is 0 Å². The van der Waals surface area contributed by atoms with E-state index in [1.807, 2.05) is 10.7 Å². The topological polar surface area (TPSA) is 43.8 Å². The van der Waals surface area contributed by atoms with Crippen molar-refractivity contribution >= 4 is 27.7 Å². The van der Waals surface area contributed by atoms with Crippen molar-refractivity contribution in [2.45, 2.75) is 30.8 Å². The van der Waals surface area contributed by atoms with Crippen LogP contribution in [0.3, 0.4) is 0 Å². The SMILES string of the molecule is CC(C)n1ncc(Br)c1C(N)CSc1cccc(F)c1. The van der Waals surface area contributed by atoms with E-state index in [9.17, 15) is 4.39 Å². The van der Waals surface area contributed by atoms with E-state index in [1.165, 1.54) is 12.1 Å². The van der Waals surface area contributed by atoms with Gasteiger partial charge in [-0.3, -0.25) is 4.68 Å². The summed E-state index contributed by atoms with van der Waals surface area (Å²) in [7, 11) is 0. The van der Waals surface area contributed by atoms with Crippen molar-refractivity contribution in [3.63, 3.8) is 0 Å². The van der Waals surface area contributed by atoms with Gasteiger partial charge < -0.3 is 5.73 Å². The van der Waals surface area contributed by atoms with E-state index in [-0.39, 0.29) is 17.9 Å². The minimum absolute atomic E-state index is 0.164. The highest BCUT2D eigenvalue weighted by atomic mass is 79.9. The van der Waals surface area contributed by atoms with Crippen molar-refractivity contribution < 1.29 is 4.39 Å². The van der Waals surface area contributed by atoms with Crippen LogP contribution in [0.4, 0.5) is 4.39 Å². The molecular formula is C14H17BrFN3S. The second-order valence-electron chi connectivity index (χ2n) is 4.79. The minimum Gasteiger partial charge on any atom is -0.322 e. The Labute approximate surface area is 130 Å². The Morgan fingerprint density at radius 2 is 2.20 bits per heavy atom. The summed E-state index contributed by atoms with van der Waals surface area (Å²) in [6, 6.07) is 6.64. The Balaban J connectivity index is 2.09. The Bertz CT molecular complexity index is 586. The molecule has 3 nitrogen and oxygen atoms in total. The third-order valence-electron chi connectivity index (χ3n) is 2.85. The lowest BCUT2D eigenvalue weighted by atomic mass is 10.2. The van der Waals surface area contributed by atoms with Gasteiger partial charge in [-0.25, -0.2) is 4.39 Å². The number of thioether (sulfide) groups is 1. The number of rotatable bonds is 5. The monoisotopic (exact) mass is 357 g/mol. The second-order valence-corrected chi connectivity index (χ2v) is 6.74. The number of nitrogens with two attached hydrogens (primary N) is 1. The average Bonchev–Trinajstić information content (AvgIpc) is 2.78. The molecule has 0 spiro atoms. The van der Waals surface area contributed by atoms with E-state index in [0.29, 0.717) is 5.75 Å². The molecule has 108 valence electrons. The summed E-state index contributed by atoms with van der Waals surface area (Å²) in [5, 5.41) is 4.33. The molecule has 0 aliphatic rings. The molecule has 1 aromatic heterocycles. The summed E-state index contributed by atoms with van der Waals surface area (Å²) in [5.74, 6) is 0.442. The first kappa shape index (κ1) is 15.5. The molecule has 6 heteroatoms. The lowest BCUT2D eigenvalue weighted by Gasteiger charge is -2.17. The first-order chi connectivity index (χ1) is 9.49. The highest BCUT2D eigenvalue weighted by Gasteiger charge is 2.18. The van der Waals surface area contributed by atoms with Crippen LogP contribution in [0.1, 0.15) is 31.6 Å². The fourth-order valence-corrected chi connectivity index (χ4v) is 3.40. The molecule has 2 rings (SSSR count). The van der Waals surface area contributed by atoms with Gasteiger partial charge in [0.1, 0.15) is 5.82 Å². The highest BCUT2D eigenvalue weighted by Crippen LogP contribution is 2.29. The summed E-state index contributed by atoms with van der Waals surface area (Å²) in [6.45, 7) is 4.13. The van der Waals surface area contributed by atoms with Gasteiger partial charge in [0, 0.05) is 16.7 Å². The fourth-order valence-electron chi connectivity index (χ4n) is 1.93. The highest BCUT2D eigenvalue weighted by molar-refractivity contribution is 9.10. The first-order valence-corrected chi connectivity index (χ1v) is 8.13. The van der Waals surface area contributed by atoms with Gasteiger partial charge in [0.25, 0.3) is 0 Å². The van der Waals surface area contributed by atoms with Crippen LogP contribution in [0.15, 0.2) is 39.8 Å². The lowest BCUT2D eigenvalue weighted by Crippen LogP contribution is -2.20. The molecule has 0 fully saturated rings. The molecule has 1 heterocycles. The smallest absolute Gasteiger partial charge is 0.124 e. The maximum Gasteiger partial charge on any atom is 0.124 e. The zero-order chi connectivity index (χ0) is 14.7. The average molecular weight is 358 g/mol. The Hall–Kier alpha value is -0.850. The van der Waals surface area contributed by atoms with Crippen LogP contribution in [0.2, 0.25) is 0 Å². The van der Waals surface area contributed by atoms with Gasteiger partial charge in [-0.2, -0.15) is 5.10 Å². The number of benzene rings is 1. The molecule has 1 aromatic carbocycles. The molecular weight excluding hydrogens is 341 g/mol. The predicted molar refractivity (Wildman–Crippen MR) is 84.4 cm³/mol. The molecule has 0 bridgehead atoms. The molecule has 2 N–H and O–H groups in total. The van der Waals surface area contributed by atoms with Crippen LogP contribution in [-0.2, 0) is 0 Å². The molecule has 0 aliphatic carbocycles. The number of aromatic nitrogens is 2. The van der Waals surface area contributed by atoms with Gasteiger partial charge in [0.05, 0.1) is 22.4 Å². The quantitative estimate of drug-likeness (QED) is 0.817. The minimum atomic E-state index is -0.225. The number of nitrogens with zero attached hydrogens (tertiary/aromatic N) is 2. The van der Waals surface area contributed by atoms with Crippen LogP contribution >= 0.6 is 27.7 Å². The molecule has 1 unspecified atom stereocenters. The van der Waals surface area contributed by atoms with Gasteiger partial charge in [0.2, 0.25) is 0 Å². The lowest BCUT2D eigenvalue weighted by molar-refractivity contribution is 0.494. The molecule has 20 heavy (non-hydrogen) atoms. The van der Waals surface area contributed by atoms with E-state index < -0.39 is 0 Å². The van der Waals surface area contributed by atoms with Gasteiger partial charge in [-0.05, 0) is 48.0 Å². The van der Waals surface area contributed by atoms with Crippen LogP contribution in [0.5, 0.6) is 0 Å². The van der Waals surface area contributed by atoms with Crippen LogP contribution < -0.4 is 5.73 Å². The van der Waals surface area contributed by atoms with Gasteiger partial charge >= 0.3 is 0 Å². The first-order valence-electron chi connectivity index (χ1n) is 6.36. The van der Waals surface area contributed by atoms with Gasteiger partial charge in [-0.1, -0.05) is 6.07 Å². The summed E-state index contributed by atoms with van der Waals surface area (Å²) < 4.78 is 16.0. The van der Waals surface area contributed by atoms with Crippen molar-refractivity contribution in [3.8, 4) is 0 Å². The zero-order valence-corrected chi connectivity index (χ0v) is 13.8. The maximum atomic E-state index is 13.1. The van der Waals surface area contributed by atoms with Gasteiger partial charge in [0.15, 0.2) is 0 Å². The van der Waals surface area contributed by atoms with Crippen molar-refractivity contribution in [1.82, 2.24) is 9.78 Å². The van der Waals surface area contributed by atoms with E-state index >= 15 is 0 Å². The fraction of sp³-hybridized carbons (Fsp3) is 0.357. The summed E-state index contributed by atoms with van der Waals surface area (Å²) in [6.07, 6.45) is 1.77. The third-order valence-corrected chi connectivity index (χ3v) is 4.58. The van der Waals surface area contributed by atoms with Gasteiger partial charge in [-0.15, -0.1) is 11.8 Å². The van der Waals surface area contributed by atoms with E-state index in [0.717, 1.165) is 15.1 Å². The Morgan fingerprint density at radius 3 is 2.85 bits per heavy atom. The standard InChI is InChI=1S/C14H17BrFN3S/c1-9(2)19-14(12(15)7-18-19)13(17)8-20-11-5-3-4-10(16)6-11/h3-7,9,13H,8,17H2,1-2H3. The molecule has 2 aromatic rings. The third kappa shape index (κ3) is 3.62. The molecule has 0 radical (unpaired) electrons. The van der Waals surface area contributed by atoms with Crippen LogP contribution in [0, 0.1) is 5.82 Å². The normalized spacial score (nSPS) is 12.9. The van der Waals surface area contributed by atoms with Crippen molar-refractivity contribution in [3.05, 3.63) is 46.4 Å². The van der Waals surface area contributed by atoms with E-state index in [1.54, 1.807) is 24.0 Å². The van der Waals surface area contributed by atoms with Crippen molar-refractivity contribution in [2.24, 2.45) is 5.73 Å². The summed E-state index contributed by atoms with van der Waals surface area (Å²) in [5.41, 5.74) is 7.24. The van der Waals surface area contributed by atoms with E-state index in [4.69, 9.17) is 5.73 Å². The predicted octanol–water partition coefficient (Wildman–Crippen LogP) is 4.16. The second kappa shape index (κ2) is 6.74. The maximum absolute atomic E-state index is 13.1. The molecule has 0 saturated carbocycles. The number of hydrogen-bond donors (Lipinski definition) is 1. The number of halogens is 2. The van der Waals surface area contributed by atoms with E-state index in [2.05, 4.69) is 34.9 Å². The molecule has 1 atom stereocenters. The van der Waals surface area contributed by atoms with Crippen LogP contribution in [0.25, 0.3) is 0 Å². The number of hydrogen-bond acceptors (Lipinski definition) is 3. The largest absolute Gasteiger partial charge is 0.322 e. The molecule has 0 amide bonds. The summed E-state index contributed by atoms with van der Waals surface area (Å²) in [4.78, 5) is 0.882. The molecule has 0 aliphatic heterocycles. The van der Waals surface area contributed by atoms with Crippen LogP contribution in [-0.4, -0.2) is 15.5 Å².